The fraction of sp³-hybridized carbons (Fsp3) is 0.381. The molecule has 0 unspecified atom stereocenters. The third-order valence-corrected chi connectivity index (χ3v) is 7.44. The van der Waals surface area contributed by atoms with Crippen molar-refractivity contribution in [2.45, 2.75) is 23.2 Å². The van der Waals surface area contributed by atoms with Crippen molar-refractivity contribution < 1.29 is 22.7 Å². The van der Waals surface area contributed by atoms with Gasteiger partial charge in [0.2, 0.25) is 15.9 Å². The van der Waals surface area contributed by atoms with Crippen molar-refractivity contribution in [3.05, 3.63) is 54.1 Å². The van der Waals surface area contributed by atoms with Crippen LogP contribution in [0.4, 0.5) is 5.69 Å². The standard InChI is InChI=1S/C21H24N2O5S/c1-27-18-8-7-17(15-19(18)29(25,26)23-11-13-28-14-12-23)22-20(24)21(9-10-21)16-5-3-2-4-6-16/h2-8,15H,9-14H2,1H3,(H,22,24). The van der Waals surface area contributed by atoms with E-state index in [1.54, 1.807) is 12.1 Å². The molecule has 2 fully saturated rings. The van der Waals surface area contributed by atoms with Crippen molar-refractivity contribution in [2.24, 2.45) is 0 Å². The van der Waals surface area contributed by atoms with Gasteiger partial charge in [-0.15, -0.1) is 0 Å². The van der Waals surface area contributed by atoms with E-state index in [2.05, 4.69) is 5.32 Å². The second kappa shape index (κ2) is 7.78. The van der Waals surface area contributed by atoms with Crippen LogP contribution in [0.5, 0.6) is 5.75 Å². The van der Waals surface area contributed by atoms with Gasteiger partial charge in [0, 0.05) is 18.8 Å². The number of hydrogen-bond acceptors (Lipinski definition) is 5. The number of nitrogens with zero attached hydrogens (tertiary/aromatic N) is 1. The Morgan fingerprint density at radius 3 is 2.41 bits per heavy atom. The molecule has 0 spiro atoms. The number of anilines is 1. The SMILES string of the molecule is COc1ccc(NC(=O)C2(c3ccccc3)CC2)cc1S(=O)(=O)N1CCOCC1. The van der Waals surface area contributed by atoms with Crippen LogP contribution < -0.4 is 10.1 Å². The first kappa shape index (κ1) is 19.9. The van der Waals surface area contributed by atoms with Gasteiger partial charge in [-0.25, -0.2) is 8.42 Å². The molecule has 0 radical (unpaired) electrons. The first-order valence-electron chi connectivity index (χ1n) is 9.60. The molecular weight excluding hydrogens is 392 g/mol. The quantitative estimate of drug-likeness (QED) is 0.782. The molecule has 1 heterocycles. The molecule has 8 heteroatoms. The first-order valence-corrected chi connectivity index (χ1v) is 11.0. The average Bonchev–Trinajstić information content (AvgIpc) is 3.57. The highest BCUT2D eigenvalue weighted by atomic mass is 32.2. The van der Waals surface area contributed by atoms with Crippen molar-refractivity contribution in [3.8, 4) is 5.75 Å². The van der Waals surface area contributed by atoms with E-state index >= 15 is 0 Å². The van der Waals surface area contributed by atoms with Gasteiger partial charge in [0.05, 0.1) is 25.7 Å². The van der Waals surface area contributed by atoms with Crippen LogP contribution in [0.2, 0.25) is 0 Å². The van der Waals surface area contributed by atoms with E-state index in [-0.39, 0.29) is 16.6 Å². The summed E-state index contributed by atoms with van der Waals surface area (Å²) in [6, 6.07) is 14.4. The van der Waals surface area contributed by atoms with Crippen LogP contribution in [0.3, 0.4) is 0 Å². The fourth-order valence-corrected chi connectivity index (χ4v) is 5.25. The van der Waals surface area contributed by atoms with Crippen LogP contribution >= 0.6 is 0 Å². The molecular formula is C21H24N2O5S. The highest BCUT2D eigenvalue weighted by Gasteiger charge is 2.51. The van der Waals surface area contributed by atoms with E-state index in [9.17, 15) is 13.2 Å². The summed E-state index contributed by atoms with van der Waals surface area (Å²) in [7, 11) is -2.33. The Kier molecular flexibility index (Phi) is 5.33. The van der Waals surface area contributed by atoms with E-state index < -0.39 is 15.4 Å². The van der Waals surface area contributed by atoms with Crippen molar-refractivity contribution in [3.63, 3.8) is 0 Å². The Morgan fingerprint density at radius 2 is 1.79 bits per heavy atom. The lowest BCUT2D eigenvalue weighted by atomic mass is 9.95. The lowest BCUT2D eigenvalue weighted by molar-refractivity contribution is -0.118. The molecule has 2 aromatic rings. The van der Waals surface area contributed by atoms with Crippen molar-refractivity contribution in [1.29, 1.82) is 0 Å². The van der Waals surface area contributed by atoms with Crippen LogP contribution in [-0.2, 0) is 25.0 Å². The number of hydrogen-bond donors (Lipinski definition) is 1. The summed E-state index contributed by atoms with van der Waals surface area (Å²) in [6.07, 6.45) is 1.55. The zero-order valence-corrected chi connectivity index (χ0v) is 17.1. The Morgan fingerprint density at radius 1 is 1.10 bits per heavy atom. The lowest BCUT2D eigenvalue weighted by Crippen LogP contribution is -2.40. The van der Waals surface area contributed by atoms with Gasteiger partial charge in [-0.05, 0) is 36.6 Å². The summed E-state index contributed by atoms with van der Waals surface area (Å²) in [5.41, 5.74) is 0.877. The largest absolute Gasteiger partial charge is 0.495 e. The van der Waals surface area contributed by atoms with Crippen LogP contribution in [0.1, 0.15) is 18.4 Å². The number of ether oxygens (including phenoxy) is 2. The van der Waals surface area contributed by atoms with E-state index in [1.165, 1.54) is 17.5 Å². The third-order valence-electron chi connectivity index (χ3n) is 5.52. The normalized spacial score (nSPS) is 18.8. The minimum atomic E-state index is -3.76. The van der Waals surface area contributed by atoms with Crippen LogP contribution in [0, 0.1) is 0 Å². The van der Waals surface area contributed by atoms with Gasteiger partial charge in [0.25, 0.3) is 0 Å². The zero-order valence-electron chi connectivity index (χ0n) is 16.3. The maximum absolute atomic E-state index is 13.1. The van der Waals surface area contributed by atoms with Gasteiger partial charge in [0.1, 0.15) is 10.6 Å². The maximum atomic E-state index is 13.1. The Labute approximate surface area is 170 Å². The molecule has 1 aliphatic carbocycles. The van der Waals surface area contributed by atoms with E-state index in [0.29, 0.717) is 32.0 Å². The highest BCUT2D eigenvalue weighted by molar-refractivity contribution is 7.89. The number of carbonyl (C=O) groups is 1. The van der Waals surface area contributed by atoms with Gasteiger partial charge in [-0.3, -0.25) is 4.79 Å². The molecule has 0 atom stereocenters. The van der Waals surface area contributed by atoms with Crippen LogP contribution in [0.15, 0.2) is 53.4 Å². The molecule has 1 aliphatic heterocycles. The zero-order chi connectivity index (χ0) is 20.5. The second-order valence-electron chi connectivity index (χ2n) is 7.28. The number of amides is 1. The van der Waals surface area contributed by atoms with Gasteiger partial charge in [0.15, 0.2) is 0 Å². The Bertz CT molecular complexity index is 997. The van der Waals surface area contributed by atoms with E-state index in [1.807, 2.05) is 30.3 Å². The molecule has 4 rings (SSSR count). The van der Waals surface area contributed by atoms with Gasteiger partial charge < -0.3 is 14.8 Å². The summed E-state index contributed by atoms with van der Waals surface area (Å²) in [5, 5.41) is 2.91. The number of methoxy groups -OCH3 is 1. The maximum Gasteiger partial charge on any atom is 0.246 e. The highest BCUT2D eigenvalue weighted by Crippen LogP contribution is 2.49. The monoisotopic (exact) mass is 416 g/mol. The van der Waals surface area contributed by atoms with Crippen molar-refractivity contribution in [2.75, 3.05) is 38.7 Å². The summed E-state index contributed by atoms with van der Waals surface area (Å²) >= 11 is 0. The third kappa shape index (κ3) is 3.75. The van der Waals surface area contributed by atoms with Crippen molar-refractivity contribution >= 4 is 21.6 Å². The van der Waals surface area contributed by atoms with Crippen LogP contribution in [-0.4, -0.2) is 52.0 Å². The number of rotatable bonds is 6. The van der Waals surface area contributed by atoms with Gasteiger partial charge in [-0.1, -0.05) is 30.3 Å². The molecule has 2 aliphatic rings. The minimum Gasteiger partial charge on any atom is -0.495 e. The summed E-state index contributed by atoms with van der Waals surface area (Å²) in [4.78, 5) is 13.0. The van der Waals surface area contributed by atoms with Crippen LogP contribution in [0.25, 0.3) is 0 Å². The summed E-state index contributed by atoms with van der Waals surface area (Å²) in [5.74, 6) is 0.127. The predicted molar refractivity (Wildman–Crippen MR) is 109 cm³/mol. The molecule has 154 valence electrons. The smallest absolute Gasteiger partial charge is 0.246 e. The number of morpholine rings is 1. The molecule has 1 saturated carbocycles. The number of sulfonamides is 1. The Balaban J connectivity index is 1.61. The molecule has 7 nitrogen and oxygen atoms in total. The number of benzene rings is 2. The topological polar surface area (TPSA) is 84.9 Å². The molecule has 1 amide bonds. The predicted octanol–water partition coefficient (Wildman–Crippen LogP) is 2.39. The number of carbonyl (C=O) groups excluding carboxylic acids is 1. The summed E-state index contributed by atoms with van der Waals surface area (Å²) < 4.78 is 38.1. The second-order valence-corrected chi connectivity index (χ2v) is 9.19. The minimum absolute atomic E-state index is 0.0456. The lowest BCUT2D eigenvalue weighted by Gasteiger charge is -2.27. The van der Waals surface area contributed by atoms with Gasteiger partial charge >= 0.3 is 0 Å². The van der Waals surface area contributed by atoms with E-state index in [0.717, 1.165) is 18.4 Å². The molecule has 0 bridgehead atoms. The Hall–Kier alpha value is -2.42. The molecule has 29 heavy (non-hydrogen) atoms. The fourth-order valence-electron chi connectivity index (χ4n) is 3.66. The molecule has 1 saturated heterocycles. The van der Waals surface area contributed by atoms with Crippen molar-refractivity contribution in [1.82, 2.24) is 4.31 Å². The molecule has 1 N–H and O–H groups in total. The summed E-state index contributed by atoms with van der Waals surface area (Å²) in [6.45, 7) is 1.30. The molecule has 0 aromatic heterocycles. The molecule has 2 aromatic carbocycles. The number of nitrogens with one attached hydrogen (secondary N) is 1. The van der Waals surface area contributed by atoms with E-state index in [4.69, 9.17) is 9.47 Å². The average molecular weight is 416 g/mol. The first-order chi connectivity index (χ1) is 14.0. The van der Waals surface area contributed by atoms with Gasteiger partial charge in [-0.2, -0.15) is 4.31 Å².